The topological polar surface area (TPSA) is 81.7 Å². The molecular formula is C42H48O8. The summed E-state index contributed by atoms with van der Waals surface area (Å²) in [6.45, 7) is 3.10. The maximum Gasteiger partial charge on any atom is 0.302 e. The molecule has 2 fully saturated rings. The first kappa shape index (κ1) is 35.9. The number of rotatable bonds is 16. The van der Waals surface area contributed by atoms with Gasteiger partial charge < -0.3 is 33.2 Å². The van der Waals surface area contributed by atoms with E-state index in [4.69, 9.17) is 33.2 Å². The van der Waals surface area contributed by atoms with E-state index in [1.165, 1.54) is 6.92 Å². The SMILES string of the molecule is CC(=O)O[C@H]1CCCC[C@H]1OC1OC(COCc2ccccc2)C(OCc2ccccc2)C(OCc2ccccc2)C1OCc1ccccc1. The molecule has 0 bridgehead atoms. The summed E-state index contributed by atoms with van der Waals surface area (Å²) in [4.78, 5) is 12.1. The second kappa shape index (κ2) is 18.9. The highest BCUT2D eigenvalue weighted by Crippen LogP contribution is 2.34. The minimum atomic E-state index is -0.845. The van der Waals surface area contributed by atoms with Crippen molar-refractivity contribution in [3.05, 3.63) is 144 Å². The van der Waals surface area contributed by atoms with Crippen LogP contribution in [0.25, 0.3) is 0 Å². The molecule has 0 N–H and O–H groups in total. The smallest absolute Gasteiger partial charge is 0.302 e. The Morgan fingerprint density at radius 3 is 1.52 bits per heavy atom. The van der Waals surface area contributed by atoms with E-state index < -0.39 is 30.7 Å². The summed E-state index contributed by atoms with van der Waals surface area (Å²) in [6.07, 6.45) is -0.571. The van der Waals surface area contributed by atoms with E-state index >= 15 is 0 Å². The normalized spacial score (nSPS) is 25.2. The van der Waals surface area contributed by atoms with Crippen molar-refractivity contribution < 1.29 is 38.0 Å². The van der Waals surface area contributed by atoms with Gasteiger partial charge in [0.1, 0.15) is 30.5 Å². The zero-order valence-electron chi connectivity index (χ0n) is 28.7. The summed E-state index contributed by atoms with van der Waals surface area (Å²) in [7, 11) is 0. The molecule has 0 aromatic heterocycles. The molecule has 6 rings (SSSR count). The lowest BCUT2D eigenvalue weighted by Crippen LogP contribution is -2.62. The van der Waals surface area contributed by atoms with Gasteiger partial charge in [-0.05, 0) is 41.5 Å². The Balaban J connectivity index is 1.32. The van der Waals surface area contributed by atoms with Crippen molar-refractivity contribution in [2.45, 2.75) is 102 Å². The Morgan fingerprint density at radius 2 is 1.02 bits per heavy atom. The summed E-state index contributed by atoms with van der Waals surface area (Å²) in [6, 6.07) is 40.2. The highest BCUT2D eigenvalue weighted by Gasteiger charge is 2.50. The number of hydrogen-bond acceptors (Lipinski definition) is 8. The van der Waals surface area contributed by atoms with Gasteiger partial charge in [0, 0.05) is 6.92 Å². The van der Waals surface area contributed by atoms with Crippen LogP contribution in [0.5, 0.6) is 0 Å². The molecule has 2 aliphatic rings. The predicted molar refractivity (Wildman–Crippen MR) is 189 cm³/mol. The van der Waals surface area contributed by atoms with Crippen molar-refractivity contribution in [1.29, 1.82) is 0 Å². The third-order valence-electron chi connectivity index (χ3n) is 9.11. The van der Waals surface area contributed by atoms with Crippen LogP contribution in [0, 0.1) is 0 Å². The Bertz CT molecular complexity index is 1540. The molecule has 1 heterocycles. The van der Waals surface area contributed by atoms with Crippen LogP contribution in [0.3, 0.4) is 0 Å². The van der Waals surface area contributed by atoms with Crippen LogP contribution < -0.4 is 0 Å². The molecule has 5 unspecified atom stereocenters. The molecule has 0 radical (unpaired) electrons. The van der Waals surface area contributed by atoms with Crippen LogP contribution in [0.1, 0.15) is 54.9 Å². The van der Waals surface area contributed by atoms with Crippen molar-refractivity contribution in [3.63, 3.8) is 0 Å². The summed E-state index contributed by atoms with van der Waals surface area (Å²) in [5.74, 6) is -0.322. The largest absolute Gasteiger partial charge is 0.460 e. The lowest BCUT2D eigenvalue weighted by molar-refractivity contribution is -0.342. The van der Waals surface area contributed by atoms with E-state index in [9.17, 15) is 4.79 Å². The minimum Gasteiger partial charge on any atom is -0.460 e. The number of benzene rings is 4. The molecule has 0 spiro atoms. The van der Waals surface area contributed by atoms with Crippen LogP contribution in [0.15, 0.2) is 121 Å². The summed E-state index contributed by atoms with van der Waals surface area (Å²) >= 11 is 0. The molecular weight excluding hydrogens is 632 g/mol. The maximum atomic E-state index is 12.1. The average molecular weight is 681 g/mol. The van der Waals surface area contributed by atoms with E-state index in [1.54, 1.807) is 0 Å². The van der Waals surface area contributed by atoms with E-state index in [0.29, 0.717) is 26.4 Å². The molecule has 7 atom stereocenters. The van der Waals surface area contributed by atoms with E-state index in [-0.39, 0.29) is 24.8 Å². The molecule has 1 saturated heterocycles. The average Bonchev–Trinajstić information content (AvgIpc) is 3.15. The molecule has 264 valence electrons. The van der Waals surface area contributed by atoms with Crippen LogP contribution in [0.2, 0.25) is 0 Å². The van der Waals surface area contributed by atoms with Crippen molar-refractivity contribution in [3.8, 4) is 0 Å². The van der Waals surface area contributed by atoms with Crippen LogP contribution in [-0.4, -0.2) is 55.5 Å². The molecule has 50 heavy (non-hydrogen) atoms. The van der Waals surface area contributed by atoms with Crippen molar-refractivity contribution >= 4 is 5.97 Å². The van der Waals surface area contributed by atoms with Gasteiger partial charge in [-0.1, -0.05) is 128 Å². The fraction of sp³-hybridized carbons (Fsp3) is 0.405. The van der Waals surface area contributed by atoms with Gasteiger partial charge >= 0.3 is 5.97 Å². The monoisotopic (exact) mass is 680 g/mol. The Hall–Kier alpha value is -3.89. The van der Waals surface area contributed by atoms with Gasteiger partial charge in [-0.25, -0.2) is 0 Å². The van der Waals surface area contributed by atoms with Crippen LogP contribution in [0.4, 0.5) is 0 Å². The van der Waals surface area contributed by atoms with Gasteiger partial charge in [-0.3, -0.25) is 4.79 Å². The molecule has 1 aliphatic carbocycles. The number of hydrogen-bond donors (Lipinski definition) is 0. The van der Waals surface area contributed by atoms with Crippen molar-refractivity contribution in [2.75, 3.05) is 6.61 Å². The summed E-state index contributed by atoms with van der Waals surface area (Å²) < 4.78 is 46.0. The lowest BCUT2D eigenvalue weighted by atomic mass is 9.93. The quantitative estimate of drug-likeness (QED) is 0.112. The molecule has 1 saturated carbocycles. The molecule has 8 nitrogen and oxygen atoms in total. The number of esters is 1. The zero-order chi connectivity index (χ0) is 34.4. The molecule has 4 aromatic carbocycles. The van der Waals surface area contributed by atoms with E-state index in [0.717, 1.165) is 47.9 Å². The van der Waals surface area contributed by atoms with Crippen LogP contribution >= 0.6 is 0 Å². The Labute approximate surface area is 295 Å². The van der Waals surface area contributed by atoms with Gasteiger partial charge in [0.25, 0.3) is 0 Å². The first-order valence-corrected chi connectivity index (χ1v) is 17.7. The van der Waals surface area contributed by atoms with Crippen molar-refractivity contribution in [1.82, 2.24) is 0 Å². The fourth-order valence-electron chi connectivity index (χ4n) is 6.60. The van der Waals surface area contributed by atoms with E-state index in [2.05, 4.69) is 0 Å². The zero-order valence-corrected chi connectivity index (χ0v) is 28.7. The third-order valence-corrected chi connectivity index (χ3v) is 9.11. The second-order valence-electron chi connectivity index (χ2n) is 12.9. The molecule has 1 aliphatic heterocycles. The highest BCUT2D eigenvalue weighted by atomic mass is 16.7. The van der Waals surface area contributed by atoms with E-state index in [1.807, 2.05) is 121 Å². The van der Waals surface area contributed by atoms with Gasteiger partial charge in [-0.2, -0.15) is 0 Å². The maximum absolute atomic E-state index is 12.1. The third kappa shape index (κ3) is 10.6. The van der Waals surface area contributed by atoms with Gasteiger partial charge in [0.15, 0.2) is 6.29 Å². The van der Waals surface area contributed by atoms with Crippen LogP contribution in [-0.2, 0) is 64.4 Å². The Kier molecular flexibility index (Phi) is 13.6. The standard InChI is InChI=1S/C42H48O8/c1-31(43)48-36-24-14-15-25-37(36)49-42-41(47-29-35-22-12-5-13-23-35)40(46-28-34-20-10-4-11-21-34)39(45-27-33-18-8-3-9-19-33)38(50-42)30-44-26-32-16-6-2-7-17-32/h2-13,16-23,36-42H,14-15,24-30H2,1H3/t36-,37+,38?,39?,40?,41?,42?/m0/s1. The predicted octanol–water partition coefficient (Wildman–Crippen LogP) is 7.58. The summed E-state index contributed by atoms with van der Waals surface area (Å²) in [5, 5.41) is 0. The molecule has 8 heteroatoms. The van der Waals surface area contributed by atoms with Gasteiger partial charge in [0.05, 0.1) is 39.1 Å². The number of carbonyl (C=O) groups excluding carboxylic acids is 1. The Morgan fingerprint density at radius 1 is 0.580 bits per heavy atom. The molecule has 0 amide bonds. The highest BCUT2D eigenvalue weighted by molar-refractivity contribution is 5.66. The first-order valence-electron chi connectivity index (χ1n) is 17.7. The molecule has 4 aromatic rings. The van der Waals surface area contributed by atoms with Gasteiger partial charge in [-0.15, -0.1) is 0 Å². The number of ether oxygens (including phenoxy) is 7. The fourth-order valence-corrected chi connectivity index (χ4v) is 6.60. The minimum absolute atomic E-state index is 0.239. The van der Waals surface area contributed by atoms with Crippen molar-refractivity contribution in [2.24, 2.45) is 0 Å². The van der Waals surface area contributed by atoms with Gasteiger partial charge in [0.2, 0.25) is 0 Å². The summed E-state index contributed by atoms with van der Waals surface area (Å²) in [5.41, 5.74) is 4.13. The second-order valence-corrected chi connectivity index (χ2v) is 12.9. The number of carbonyl (C=O) groups is 1. The lowest BCUT2D eigenvalue weighted by Gasteiger charge is -2.47. The first-order chi connectivity index (χ1) is 24.6.